The van der Waals surface area contributed by atoms with Gasteiger partial charge in [-0.25, -0.2) is 0 Å². The largest absolute Gasteiger partial charge is 0.322 e. The number of aromatic nitrogens is 4. The Hall–Kier alpha value is -3.54. The molecule has 0 unspecified atom stereocenters. The lowest BCUT2D eigenvalue weighted by Crippen LogP contribution is -2.11. The summed E-state index contributed by atoms with van der Waals surface area (Å²) >= 11 is 0. The number of benzene rings is 2. The highest BCUT2D eigenvalue weighted by Crippen LogP contribution is 2.19. The summed E-state index contributed by atoms with van der Waals surface area (Å²) in [6, 6.07) is 17.3. The van der Waals surface area contributed by atoms with Crippen LogP contribution in [0, 0.1) is 0 Å². The number of fused-ring (bicyclic) bond motifs is 1. The third kappa shape index (κ3) is 3.91. The molecule has 0 fully saturated rings. The van der Waals surface area contributed by atoms with Gasteiger partial charge in [-0.1, -0.05) is 25.5 Å². The van der Waals surface area contributed by atoms with E-state index in [1.54, 1.807) is 23.1 Å². The minimum atomic E-state index is -0.206. The Morgan fingerprint density at radius 2 is 1.86 bits per heavy atom. The molecule has 0 saturated carbocycles. The predicted molar refractivity (Wildman–Crippen MR) is 110 cm³/mol. The van der Waals surface area contributed by atoms with Crippen LogP contribution < -0.4 is 5.32 Å². The van der Waals surface area contributed by atoms with E-state index >= 15 is 0 Å². The van der Waals surface area contributed by atoms with Crippen LogP contribution in [-0.2, 0) is 6.42 Å². The first-order chi connectivity index (χ1) is 13.7. The summed E-state index contributed by atoms with van der Waals surface area (Å²) in [4.78, 5) is 17.9. The van der Waals surface area contributed by atoms with Crippen molar-refractivity contribution in [2.24, 2.45) is 0 Å². The van der Waals surface area contributed by atoms with E-state index in [-0.39, 0.29) is 5.91 Å². The molecule has 4 rings (SSSR count). The van der Waals surface area contributed by atoms with Crippen molar-refractivity contribution in [3.8, 4) is 5.69 Å². The number of nitrogens with zero attached hydrogens (tertiary/aromatic N) is 4. The van der Waals surface area contributed by atoms with Gasteiger partial charge in [-0.15, -0.1) is 10.2 Å². The number of carbonyl (C=O) groups is 1. The number of anilines is 1. The fourth-order valence-corrected chi connectivity index (χ4v) is 2.98. The second kappa shape index (κ2) is 8.00. The number of aryl methyl sites for hydroxylation is 1. The van der Waals surface area contributed by atoms with Crippen molar-refractivity contribution in [1.29, 1.82) is 0 Å². The first-order valence-corrected chi connectivity index (χ1v) is 9.41. The third-order valence-corrected chi connectivity index (χ3v) is 4.55. The van der Waals surface area contributed by atoms with E-state index < -0.39 is 0 Å². The van der Waals surface area contributed by atoms with Crippen LogP contribution >= 0.6 is 0 Å². The highest BCUT2D eigenvalue weighted by Gasteiger charge is 2.09. The number of hydrogen-bond acceptors (Lipinski definition) is 4. The Balaban J connectivity index is 1.54. The maximum atomic E-state index is 12.3. The smallest absolute Gasteiger partial charge is 0.257 e. The molecule has 0 aliphatic heterocycles. The molecule has 1 N–H and O–H groups in total. The summed E-state index contributed by atoms with van der Waals surface area (Å²) in [6.07, 6.45) is 6.64. The molecule has 0 aliphatic rings. The van der Waals surface area contributed by atoms with Gasteiger partial charge in [0, 0.05) is 18.1 Å². The number of rotatable bonds is 6. The van der Waals surface area contributed by atoms with Crippen LogP contribution in [0.3, 0.4) is 0 Å². The Kier molecular flexibility index (Phi) is 5.10. The lowest BCUT2D eigenvalue weighted by Gasteiger charge is -2.04. The lowest BCUT2D eigenvalue weighted by molar-refractivity contribution is 0.102. The highest BCUT2D eigenvalue weighted by molar-refractivity contribution is 6.04. The van der Waals surface area contributed by atoms with Gasteiger partial charge in [-0.2, -0.15) is 4.80 Å². The molecule has 0 atom stereocenters. The van der Waals surface area contributed by atoms with E-state index in [2.05, 4.69) is 39.6 Å². The van der Waals surface area contributed by atoms with Gasteiger partial charge in [0.2, 0.25) is 0 Å². The highest BCUT2D eigenvalue weighted by atomic mass is 16.1. The van der Waals surface area contributed by atoms with E-state index in [4.69, 9.17) is 0 Å². The summed E-state index contributed by atoms with van der Waals surface area (Å²) in [6.45, 7) is 2.20. The molecule has 2 aromatic carbocycles. The molecular weight excluding hydrogens is 350 g/mol. The van der Waals surface area contributed by atoms with Crippen LogP contribution in [0.5, 0.6) is 0 Å². The molecule has 2 aromatic heterocycles. The monoisotopic (exact) mass is 371 g/mol. The third-order valence-electron chi connectivity index (χ3n) is 4.55. The van der Waals surface area contributed by atoms with Crippen LogP contribution in [0.15, 0.2) is 67.0 Å². The number of amides is 1. The molecule has 0 saturated heterocycles. The zero-order chi connectivity index (χ0) is 19.3. The van der Waals surface area contributed by atoms with Crippen LogP contribution in [0.25, 0.3) is 16.7 Å². The average molecular weight is 371 g/mol. The Bertz CT molecular complexity index is 1090. The van der Waals surface area contributed by atoms with Crippen molar-refractivity contribution in [3.63, 3.8) is 0 Å². The fourth-order valence-electron chi connectivity index (χ4n) is 2.98. The Morgan fingerprint density at radius 3 is 2.61 bits per heavy atom. The minimum absolute atomic E-state index is 0.206. The van der Waals surface area contributed by atoms with Crippen LogP contribution in [0.1, 0.15) is 35.7 Å². The zero-order valence-electron chi connectivity index (χ0n) is 15.7. The molecule has 0 spiro atoms. The molecule has 6 heteroatoms. The molecule has 2 heterocycles. The number of hydrogen-bond donors (Lipinski definition) is 1. The molecule has 6 nitrogen and oxygen atoms in total. The molecule has 28 heavy (non-hydrogen) atoms. The topological polar surface area (TPSA) is 72.7 Å². The van der Waals surface area contributed by atoms with Crippen molar-refractivity contribution < 1.29 is 4.79 Å². The maximum absolute atomic E-state index is 12.3. The summed E-state index contributed by atoms with van der Waals surface area (Å²) < 4.78 is 0. The van der Waals surface area contributed by atoms with E-state index in [1.807, 2.05) is 30.3 Å². The van der Waals surface area contributed by atoms with Gasteiger partial charge in [0.15, 0.2) is 0 Å². The van der Waals surface area contributed by atoms with Gasteiger partial charge in [-0.05, 0) is 60.9 Å². The number of pyridine rings is 1. The number of nitrogens with one attached hydrogen (secondary N) is 1. The SMILES string of the molecule is CCCCc1ccc(-n2nc3ccc(NC(=O)c4cccnc4)cc3n2)cc1. The van der Waals surface area contributed by atoms with Crippen molar-refractivity contribution in [1.82, 2.24) is 20.0 Å². The summed E-state index contributed by atoms with van der Waals surface area (Å²) in [5, 5.41) is 12.0. The summed E-state index contributed by atoms with van der Waals surface area (Å²) in [7, 11) is 0. The zero-order valence-corrected chi connectivity index (χ0v) is 15.7. The van der Waals surface area contributed by atoms with E-state index in [0.29, 0.717) is 11.3 Å². The second-order valence-corrected chi connectivity index (χ2v) is 6.66. The van der Waals surface area contributed by atoms with Crippen LogP contribution in [-0.4, -0.2) is 25.9 Å². The predicted octanol–water partition coefficient (Wildman–Crippen LogP) is 4.41. The first kappa shape index (κ1) is 17.9. The first-order valence-electron chi connectivity index (χ1n) is 9.41. The Morgan fingerprint density at radius 1 is 1.04 bits per heavy atom. The second-order valence-electron chi connectivity index (χ2n) is 6.66. The number of carbonyl (C=O) groups excluding carboxylic acids is 1. The molecule has 0 radical (unpaired) electrons. The van der Waals surface area contributed by atoms with Crippen molar-refractivity contribution >= 4 is 22.6 Å². The van der Waals surface area contributed by atoms with Gasteiger partial charge in [0.1, 0.15) is 11.0 Å². The van der Waals surface area contributed by atoms with Crippen LogP contribution in [0.2, 0.25) is 0 Å². The quantitative estimate of drug-likeness (QED) is 0.545. The minimum Gasteiger partial charge on any atom is -0.322 e. The number of unbranched alkanes of at least 4 members (excludes halogenated alkanes) is 1. The summed E-state index contributed by atoms with van der Waals surface area (Å²) in [5.41, 5.74) is 4.91. The molecule has 140 valence electrons. The van der Waals surface area contributed by atoms with E-state index in [1.165, 1.54) is 24.6 Å². The molecule has 4 aromatic rings. The van der Waals surface area contributed by atoms with Crippen molar-refractivity contribution in [2.75, 3.05) is 5.32 Å². The van der Waals surface area contributed by atoms with E-state index in [9.17, 15) is 4.79 Å². The molecule has 0 bridgehead atoms. The van der Waals surface area contributed by atoms with Crippen molar-refractivity contribution in [3.05, 3.63) is 78.1 Å². The average Bonchev–Trinajstić information content (AvgIpc) is 3.16. The van der Waals surface area contributed by atoms with Gasteiger partial charge in [0.25, 0.3) is 5.91 Å². The fraction of sp³-hybridized carbons (Fsp3) is 0.182. The Labute approximate surface area is 163 Å². The van der Waals surface area contributed by atoms with Crippen molar-refractivity contribution in [2.45, 2.75) is 26.2 Å². The standard InChI is InChI=1S/C22H21N5O/c1-2-3-5-16-7-10-19(11-8-16)27-25-20-12-9-18(14-21(20)26-27)24-22(28)17-6-4-13-23-15-17/h4,6-15H,2-3,5H2,1H3,(H,24,28). The van der Waals surface area contributed by atoms with Gasteiger partial charge >= 0.3 is 0 Å². The normalized spacial score (nSPS) is 10.9. The lowest BCUT2D eigenvalue weighted by atomic mass is 10.1. The van der Waals surface area contributed by atoms with E-state index in [0.717, 1.165) is 23.1 Å². The maximum Gasteiger partial charge on any atom is 0.257 e. The molecule has 1 amide bonds. The molecular formula is C22H21N5O. The summed E-state index contributed by atoms with van der Waals surface area (Å²) in [5.74, 6) is -0.206. The van der Waals surface area contributed by atoms with Gasteiger partial charge in [-0.3, -0.25) is 9.78 Å². The molecule has 0 aliphatic carbocycles. The van der Waals surface area contributed by atoms with Gasteiger partial charge in [0.05, 0.1) is 11.3 Å². The van der Waals surface area contributed by atoms with Gasteiger partial charge < -0.3 is 5.32 Å². The van der Waals surface area contributed by atoms with Crippen LogP contribution in [0.4, 0.5) is 5.69 Å².